The molecule has 0 unspecified atom stereocenters. The molecule has 1 atom stereocenters. The van der Waals surface area contributed by atoms with E-state index in [9.17, 15) is 9.59 Å². The Morgan fingerprint density at radius 2 is 1.74 bits per heavy atom. The van der Waals surface area contributed by atoms with Crippen molar-refractivity contribution in [3.8, 4) is 0 Å². The van der Waals surface area contributed by atoms with Gasteiger partial charge in [-0.25, -0.2) is 9.59 Å². The van der Waals surface area contributed by atoms with Gasteiger partial charge in [-0.15, -0.1) is 0 Å². The van der Waals surface area contributed by atoms with E-state index in [4.69, 9.17) is 4.74 Å². The minimum atomic E-state index is -0.518. The lowest BCUT2D eigenvalue weighted by atomic mass is 10.0. The Balaban J connectivity index is 4.19. The highest BCUT2D eigenvalue weighted by molar-refractivity contribution is 5.68. The van der Waals surface area contributed by atoms with Gasteiger partial charge >= 0.3 is 12.2 Å². The van der Waals surface area contributed by atoms with Crippen molar-refractivity contribution in [3.05, 3.63) is 0 Å². The maximum Gasteiger partial charge on any atom is 0.407 e. The highest BCUT2D eigenvalue weighted by Gasteiger charge is 2.21. The Kier molecular flexibility index (Phi) is 7.26. The van der Waals surface area contributed by atoms with Crippen LogP contribution < -0.4 is 10.6 Å². The van der Waals surface area contributed by atoms with E-state index in [1.807, 2.05) is 34.6 Å². The van der Waals surface area contributed by atoms with Crippen LogP contribution in [0.3, 0.4) is 0 Å². The number of ether oxygens (including phenoxy) is 2. The molecule has 0 saturated heterocycles. The molecule has 6 heteroatoms. The molecule has 2 N–H and O–H groups in total. The van der Waals surface area contributed by atoms with Gasteiger partial charge in [0.1, 0.15) is 5.60 Å². The van der Waals surface area contributed by atoms with Gasteiger partial charge in [0, 0.05) is 12.6 Å². The molecule has 0 fully saturated rings. The fraction of sp³-hybridized carbons (Fsp3) is 0.846. The van der Waals surface area contributed by atoms with Crippen molar-refractivity contribution in [3.63, 3.8) is 0 Å². The zero-order valence-electron chi connectivity index (χ0n) is 12.7. The van der Waals surface area contributed by atoms with Crippen LogP contribution in [0.2, 0.25) is 0 Å². The standard InChI is InChI=1S/C13H26N2O4/c1-9(2)10(7-8-14-11(16)18-6)15-12(17)19-13(3,4)5/h9-10H,7-8H2,1-6H3,(H,14,16)(H,15,17)/t10-/m0/s1. The first-order valence-corrected chi connectivity index (χ1v) is 6.47. The molecule has 0 aliphatic carbocycles. The molecule has 0 saturated carbocycles. The summed E-state index contributed by atoms with van der Waals surface area (Å²) < 4.78 is 9.68. The number of nitrogens with one attached hydrogen (secondary N) is 2. The maximum absolute atomic E-state index is 11.7. The number of hydrogen-bond donors (Lipinski definition) is 2. The first kappa shape index (κ1) is 17.5. The van der Waals surface area contributed by atoms with Crippen molar-refractivity contribution in [2.75, 3.05) is 13.7 Å². The van der Waals surface area contributed by atoms with Gasteiger partial charge in [-0.2, -0.15) is 0 Å². The summed E-state index contributed by atoms with van der Waals surface area (Å²) in [4.78, 5) is 22.6. The fourth-order valence-electron chi connectivity index (χ4n) is 1.43. The van der Waals surface area contributed by atoms with Gasteiger partial charge in [-0.05, 0) is 33.1 Å². The number of alkyl carbamates (subject to hydrolysis) is 2. The Morgan fingerprint density at radius 1 is 1.16 bits per heavy atom. The first-order valence-electron chi connectivity index (χ1n) is 6.47. The van der Waals surface area contributed by atoms with Crippen molar-refractivity contribution >= 4 is 12.2 Å². The Hall–Kier alpha value is -1.46. The molecule has 112 valence electrons. The molecular weight excluding hydrogens is 248 g/mol. The van der Waals surface area contributed by atoms with E-state index in [-0.39, 0.29) is 12.0 Å². The van der Waals surface area contributed by atoms with E-state index in [1.54, 1.807) is 0 Å². The molecular formula is C13H26N2O4. The Labute approximate surface area is 115 Å². The predicted octanol–water partition coefficient (Wildman–Crippen LogP) is 2.28. The third-order valence-electron chi connectivity index (χ3n) is 2.42. The van der Waals surface area contributed by atoms with Crippen LogP contribution in [-0.2, 0) is 9.47 Å². The number of carbonyl (C=O) groups is 2. The highest BCUT2D eigenvalue weighted by Crippen LogP contribution is 2.10. The second-order valence-electron chi connectivity index (χ2n) is 5.70. The second-order valence-corrected chi connectivity index (χ2v) is 5.70. The topological polar surface area (TPSA) is 76.7 Å². The molecule has 0 aliphatic rings. The molecule has 0 rings (SSSR count). The summed E-state index contributed by atoms with van der Waals surface area (Å²) in [6.45, 7) is 9.88. The van der Waals surface area contributed by atoms with Crippen LogP contribution >= 0.6 is 0 Å². The van der Waals surface area contributed by atoms with Crippen LogP contribution in [0.25, 0.3) is 0 Å². The molecule has 0 spiro atoms. The van der Waals surface area contributed by atoms with Crippen LogP contribution in [0.15, 0.2) is 0 Å². The molecule has 0 radical (unpaired) electrons. The number of hydrogen-bond acceptors (Lipinski definition) is 4. The predicted molar refractivity (Wildman–Crippen MR) is 73.0 cm³/mol. The van der Waals surface area contributed by atoms with Crippen LogP contribution in [0, 0.1) is 5.92 Å². The summed E-state index contributed by atoms with van der Waals surface area (Å²) in [7, 11) is 1.31. The third kappa shape index (κ3) is 9.16. The zero-order chi connectivity index (χ0) is 15.1. The van der Waals surface area contributed by atoms with Crippen LogP contribution in [0.5, 0.6) is 0 Å². The SMILES string of the molecule is COC(=O)NCC[C@H](NC(=O)OC(C)(C)C)C(C)C. The van der Waals surface area contributed by atoms with Gasteiger partial charge in [-0.3, -0.25) is 0 Å². The lowest BCUT2D eigenvalue weighted by molar-refractivity contribution is 0.0487. The van der Waals surface area contributed by atoms with Crippen molar-refractivity contribution in [2.45, 2.75) is 52.7 Å². The lowest BCUT2D eigenvalue weighted by Gasteiger charge is -2.25. The molecule has 0 heterocycles. The molecule has 0 aromatic heterocycles. The van der Waals surface area contributed by atoms with E-state index in [0.717, 1.165) is 0 Å². The molecule has 0 aromatic carbocycles. The minimum Gasteiger partial charge on any atom is -0.453 e. The Morgan fingerprint density at radius 3 is 2.16 bits per heavy atom. The van der Waals surface area contributed by atoms with Gasteiger partial charge in [-0.1, -0.05) is 13.8 Å². The molecule has 2 amide bonds. The number of methoxy groups -OCH3 is 1. The molecule has 0 aliphatic heterocycles. The van der Waals surface area contributed by atoms with E-state index >= 15 is 0 Å². The summed E-state index contributed by atoms with van der Waals surface area (Å²) in [5.41, 5.74) is -0.518. The van der Waals surface area contributed by atoms with Gasteiger partial charge in [0.25, 0.3) is 0 Å². The largest absolute Gasteiger partial charge is 0.453 e. The summed E-state index contributed by atoms with van der Waals surface area (Å²) in [6, 6.07) is -0.0630. The monoisotopic (exact) mass is 274 g/mol. The quantitative estimate of drug-likeness (QED) is 0.806. The Bertz CT molecular complexity index is 298. The molecule has 19 heavy (non-hydrogen) atoms. The van der Waals surface area contributed by atoms with Crippen LogP contribution in [0.1, 0.15) is 41.0 Å². The number of carbonyl (C=O) groups excluding carboxylic acids is 2. The van der Waals surface area contributed by atoms with E-state index < -0.39 is 17.8 Å². The average molecular weight is 274 g/mol. The van der Waals surface area contributed by atoms with Crippen molar-refractivity contribution in [1.82, 2.24) is 10.6 Å². The maximum atomic E-state index is 11.7. The highest BCUT2D eigenvalue weighted by atomic mass is 16.6. The van der Waals surface area contributed by atoms with Gasteiger partial charge in [0.05, 0.1) is 7.11 Å². The molecule has 0 aromatic rings. The smallest absolute Gasteiger partial charge is 0.407 e. The summed E-state index contributed by atoms with van der Waals surface area (Å²) in [5.74, 6) is 0.243. The van der Waals surface area contributed by atoms with Crippen LogP contribution in [0.4, 0.5) is 9.59 Å². The lowest BCUT2D eigenvalue weighted by Crippen LogP contribution is -2.43. The normalized spacial score (nSPS) is 12.8. The third-order valence-corrected chi connectivity index (χ3v) is 2.42. The first-order chi connectivity index (χ1) is 8.65. The van der Waals surface area contributed by atoms with Gasteiger partial charge in [0.15, 0.2) is 0 Å². The zero-order valence-corrected chi connectivity index (χ0v) is 12.7. The van der Waals surface area contributed by atoms with Gasteiger partial charge in [0.2, 0.25) is 0 Å². The number of amides is 2. The summed E-state index contributed by atoms with van der Waals surface area (Å²) >= 11 is 0. The van der Waals surface area contributed by atoms with Crippen LogP contribution in [-0.4, -0.2) is 37.5 Å². The van der Waals surface area contributed by atoms with E-state index in [1.165, 1.54) is 7.11 Å². The number of rotatable bonds is 5. The summed E-state index contributed by atoms with van der Waals surface area (Å²) in [6.07, 6.45) is -0.296. The molecule has 6 nitrogen and oxygen atoms in total. The van der Waals surface area contributed by atoms with Crippen molar-refractivity contribution in [2.24, 2.45) is 5.92 Å². The van der Waals surface area contributed by atoms with E-state index in [2.05, 4.69) is 15.4 Å². The molecule has 0 bridgehead atoms. The van der Waals surface area contributed by atoms with Crippen molar-refractivity contribution < 1.29 is 19.1 Å². The van der Waals surface area contributed by atoms with Gasteiger partial charge < -0.3 is 20.1 Å². The minimum absolute atomic E-state index is 0.0630. The average Bonchev–Trinajstić information content (AvgIpc) is 2.24. The van der Waals surface area contributed by atoms with E-state index in [0.29, 0.717) is 13.0 Å². The summed E-state index contributed by atoms with van der Waals surface area (Å²) in [5, 5.41) is 5.40. The van der Waals surface area contributed by atoms with Crippen molar-refractivity contribution in [1.29, 1.82) is 0 Å². The second kappa shape index (κ2) is 7.86. The fourth-order valence-corrected chi connectivity index (χ4v) is 1.43.